The molecule has 108 valence electrons. The highest BCUT2D eigenvalue weighted by molar-refractivity contribution is 7.86. The lowest BCUT2D eigenvalue weighted by atomic mass is 10.0. The molecule has 4 nitrogen and oxygen atoms in total. The number of rotatable bonds is 3. The Kier molecular flexibility index (Phi) is 4.43. The Morgan fingerprint density at radius 3 is 2.60 bits per heavy atom. The highest BCUT2D eigenvalue weighted by atomic mass is 32.3. The lowest BCUT2D eigenvalue weighted by molar-refractivity contribution is 0.232. The Balaban J connectivity index is 2.39. The van der Waals surface area contributed by atoms with Gasteiger partial charge in [-0.25, -0.2) is 0 Å². The van der Waals surface area contributed by atoms with Crippen LogP contribution in [-0.4, -0.2) is 39.5 Å². The predicted octanol–water partition coefficient (Wildman–Crippen LogP) is 1.04. The van der Waals surface area contributed by atoms with E-state index in [2.05, 4.69) is 16.1 Å². The van der Waals surface area contributed by atoms with E-state index in [1.54, 1.807) is 13.0 Å². The van der Waals surface area contributed by atoms with Gasteiger partial charge in [0.1, 0.15) is 4.90 Å². The monoisotopic (exact) mass is 296 g/mol. The fourth-order valence-corrected chi connectivity index (χ4v) is 3.12. The van der Waals surface area contributed by atoms with Crippen molar-refractivity contribution in [3.05, 3.63) is 28.8 Å². The standard InChI is InChI=1S/C14H17FN2O2S/c1-3-12-8-13(10-17-6-4-16-5-7-17)11(2)14(9-12)20(15,18)19/h1,8-9,16H,4-7,10H2,2H3. The molecule has 1 aromatic rings. The van der Waals surface area contributed by atoms with Crippen molar-refractivity contribution in [3.63, 3.8) is 0 Å². The summed E-state index contributed by atoms with van der Waals surface area (Å²) in [6, 6.07) is 2.97. The minimum absolute atomic E-state index is 0.321. The van der Waals surface area contributed by atoms with Gasteiger partial charge in [-0.2, -0.15) is 8.42 Å². The molecule has 0 spiro atoms. The fourth-order valence-electron chi connectivity index (χ4n) is 2.36. The van der Waals surface area contributed by atoms with E-state index in [0.717, 1.165) is 31.7 Å². The first-order chi connectivity index (χ1) is 9.41. The van der Waals surface area contributed by atoms with Crippen molar-refractivity contribution < 1.29 is 12.3 Å². The van der Waals surface area contributed by atoms with Crippen molar-refractivity contribution in [1.29, 1.82) is 0 Å². The Bertz CT molecular complexity index is 644. The quantitative estimate of drug-likeness (QED) is 0.669. The average Bonchev–Trinajstić information content (AvgIpc) is 2.41. The molecule has 0 unspecified atom stereocenters. The van der Waals surface area contributed by atoms with Crippen LogP contribution in [0.4, 0.5) is 3.89 Å². The number of benzene rings is 1. The van der Waals surface area contributed by atoms with E-state index in [1.165, 1.54) is 6.07 Å². The van der Waals surface area contributed by atoms with Gasteiger partial charge in [0.15, 0.2) is 0 Å². The zero-order valence-corrected chi connectivity index (χ0v) is 12.1. The second kappa shape index (κ2) is 5.92. The van der Waals surface area contributed by atoms with Crippen molar-refractivity contribution in [1.82, 2.24) is 10.2 Å². The summed E-state index contributed by atoms with van der Waals surface area (Å²) in [5.41, 5.74) is 1.58. The Labute approximate surface area is 119 Å². The maximum Gasteiger partial charge on any atom is 0.332 e. The van der Waals surface area contributed by atoms with Crippen molar-refractivity contribution in [2.24, 2.45) is 0 Å². The van der Waals surface area contributed by atoms with Gasteiger partial charge in [-0.3, -0.25) is 4.90 Å². The lowest BCUT2D eigenvalue weighted by Gasteiger charge is -2.28. The van der Waals surface area contributed by atoms with Crippen LogP contribution in [0.3, 0.4) is 0 Å². The molecule has 1 aliphatic rings. The molecular formula is C14H17FN2O2S. The van der Waals surface area contributed by atoms with Crippen LogP contribution in [0.5, 0.6) is 0 Å². The highest BCUT2D eigenvalue weighted by Gasteiger charge is 2.20. The second-order valence-electron chi connectivity index (χ2n) is 4.87. The summed E-state index contributed by atoms with van der Waals surface area (Å²) in [5, 5.41) is 3.24. The summed E-state index contributed by atoms with van der Waals surface area (Å²) in [4.78, 5) is 1.87. The number of terminal acetylenes is 1. The normalized spacial score (nSPS) is 16.9. The van der Waals surface area contributed by atoms with Crippen molar-refractivity contribution in [2.45, 2.75) is 18.4 Å². The molecule has 1 aliphatic heterocycles. The van der Waals surface area contributed by atoms with Gasteiger partial charge >= 0.3 is 10.2 Å². The average molecular weight is 296 g/mol. The molecule has 0 aromatic heterocycles. The number of nitrogens with one attached hydrogen (secondary N) is 1. The second-order valence-corrected chi connectivity index (χ2v) is 6.18. The molecule has 2 rings (SSSR count). The summed E-state index contributed by atoms with van der Waals surface area (Å²) in [6.07, 6.45) is 5.32. The van der Waals surface area contributed by atoms with Gasteiger partial charge in [-0.1, -0.05) is 5.92 Å². The maximum absolute atomic E-state index is 13.3. The zero-order valence-electron chi connectivity index (χ0n) is 11.3. The summed E-state index contributed by atoms with van der Waals surface area (Å²) < 4.78 is 35.8. The van der Waals surface area contributed by atoms with Gasteiger partial charge in [0.2, 0.25) is 0 Å². The highest BCUT2D eigenvalue weighted by Crippen LogP contribution is 2.24. The van der Waals surface area contributed by atoms with Gasteiger partial charge in [0.05, 0.1) is 0 Å². The molecule has 1 aromatic carbocycles. The molecular weight excluding hydrogens is 279 g/mol. The van der Waals surface area contributed by atoms with Gasteiger partial charge in [0.25, 0.3) is 0 Å². The molecule has 0 bridgehead atoms. The third-order valence-electron chi connectivity index (χ3n) is 3.50. The summed E-state index contributed by atoms with van der Waals surface area (Å²) in [6.45, 7) is 5.72. The molecule has 20 heavy (non-hydrogen) atoms. The smallest absolute Gasteiger partial charge is 0.314 e. The van der Waals surface area contributed by atoms with Crippen LogP contribution in [0, 0.1) is 19.3 Å². The summed E-state index contributed by atoms with van der Waals surface area (Å²) >= 11 is 0. The molecule has 1 saturated heterocycles. The van der Waals surface area contributed by atoms with Crippen molar-refractivity contribution in [3.8, 4) is 12.3 Å². The fraction of sp³-hybridized carbons (Fsp3) is 0.429. The third kappa shape index (κ3) is 3.37. The minimum Gasteiger partial charge on any atom is -0.314 e. The SMILES string of the molecule is C#Cc1cc(CN2CCNCC2)c(C)c(S(=O)(=O)F)c1. The zero-order chi connectivity index (χ0) is 14.8. The van der Waals surface area contributed by atoms with E-state index in [9.17, 15) is 12.3 Å². The van der Waals surface area contributed by atoms with Crippen LogP contribution in [0.15, 0.2) is 17.0 Å². The Hall–Kier alpha value is -1.42. The molecule has 0 radical (unpaired) electrons. The first kappa shape index (κ1) is 15.0. The van der Waals surface area contributed by atoms with E-state index in [-0.39, 0.29) is 4.90 Å². The predicted molar refractivity (Wildman–Crippen MR) is 75.6 cm³/mol. The Morgan fingerprint density at radius 1 is 1.40 bits per heavy atom. The van der Waals surface area contributed by atoms with E-state index < -0.39 is 10.2 Å². The molecule has 0 aliphatic carbocycles. The van der Waals surface area contributed by atoms with Gasteiger partial charge in [-0.05, 0) is 30.2 Å². The van der Waals surface area contributed by atoms with Crippen molar-refractivity contribution >= 4 is 10.2 Å². The van der Waals surface area contributed by atoms with E-state index in [0.29, 0.717) is 17.7 Å². The summed E-state index contributed by atoms with van der Waals surface area (Å²) in [5.74, 6) is 2.38. The number of hydrogen-bond acceptors (Lipinski definition) is 4. The first-order valence-electron chi connectivity index (χ1n) is 6.39. The molecule has 6 heteroatoms. The molecule has 1 fully saturated rings. The van der Waals surface area contributed by atoms with Crippen LogP contribution in [0.2, 0.25) is 0 Å². The molecule has 0 atom stereocenters. The van der Waals surface area contributed by atoms with Crippen LogP contribution >= 0.6 is 0 Å². The number of halogens is 1. The molecule has 1 heterocycles. The van der Waals surface area contributed by atoms with E-state index >= 15 is 0 Å². The van der Waals surface area contributed by atoms with E-state index in [4.69, 9.17) is 6.42 Å². The van der Waals surface area contributed by atoms with Crippen molar-refractivity contribution in [2.75, 3.05) is 26.2 Å². The number of piperazine rings is 1. The summed E-state index contributed by atoms with van der Waals surface area (Å²) in [7, 11) is -4.76. The molecule has 0 amide bonds. The van der Waals surface area contributed by atoms with E-state index in [1.807, 2.05) is 0 Å². The largest absolute Gasteiger partial charge is 0.332 e. The molecule has 0 saturated carbocycles. The minimum atomic E-state index is -4.76. The topological polar surface area (TPSA) is 49.4 Å². The van der Waals surface area contributed by atoms with Gasteiger partial charge < -0.3 is 5.32 Å². The maximum atomic E-state index is 13.3. The lowest BCUT2D eigenvalue weighted by Crippen LogP contribution is -2.43. The molecule has 1 N–H and O–H groups in total. The first-order valence-corrected chi connectivity index (χ1v) is 7.78. The van der Waals surface area contributed by atoms with Crippen LogP contribution < -0.4 is 5.32 Å². The number of nitrogens with zero attached hydrogens (tertiary/aromatic N) is 1. The Morgan fingerprint density at radius 2 is 2.05 bits per heavy atom. The van der Waals surface area contributed by atoms with Gasteiger partial charge in [0, 0.05) is 38.3 Å². The van der Waals surface area contributed by atoms with Crippen LogP contribution in [0.1, 0.15) is 16.7 Å². The third-order valence-corrected chi connectivity index (χ3v) is 4.45. The van der Waals surface area contributed by atoms with Gasteiger partial charge in [-0.15, -0.1) is 10.3 Å². The number of hydrogen-bond donors (Lipinski definition) is 1. The van der Waals surface area contributed by atoms with Crippen LogP contribution in [-0.2, 0) is 16.8 Å². The van der Waals surface area contributed by atoms with Crippen LogP contribution in [0.25, 0.3) is 0 Å².